The van der Waals surface area contributed by atoms with Crippen LogP contribution in [0.1, 0.15) is 32.6 Å². The van der Waals surface area contributed by atoms with Crippen LogP contribution in [0.25, 0.3) is 0 Å². The lowest BCUT2D eigenvalue weighted by Crippen LogP contribution is -2.51. The molecular weight excluding hydrogens is 150 g/mol. The molecule has 2 aliphatic rings. The van der Waals surface area contributed by atoms with Crippen LogP contribution >= 0.6 is 0 Å². The van der Waals surface area contributed by atoms with Crippen LogP contribution in [0.4, 0.5) is 0 Å². The summed E-state index contributed by atoms with van der Waals surface area (Å²) in [5.74, 6) is 1.31. The standard InChI is InChI=1S/C10H19NO/c1-7-9(12)5-4-8-3-2-6-11-10(7)8/h7-12H,2-6H2,1H3/t7-,8+,9+,10-/m1/s1. The highest BCUT2D eigenvalue weighted by molar-refractivity contribution is 4.92. The predicted molar refractivity (Wildman–Crippen MR) is 48.9 cm³/mol. The normalized spacial score (nSPS) is 48.5. The Morgan fingerprint density at radius 1 is 1.25 bits per heavy atom. The zero-order valence-corrected chi connectivity index (χ0v) is 7.79. The molecule has 70 valence electrons. The van der Waals surface area contributed by atoms with Crippen LogP contribution in [0.2, 0.25) is 0 Å². The number of fused-ring (bicyclic) bond motifs is 1. The highest BCUT2D eigenvalue weighted by atomic mass is 16.3. The summed E-state index contributed by atoms with van der Waals surface area (Å²) in [7, 11) is 0. The van der Waals surface area contributed by atoms with Crippen molar-refractivity contribution in [1.82, 2.24) is 5.32 Å². The van der Waals surface area contributed by atoms with Crippen LogP contribution in [0.5, 0.6) is 0 Å². The molecule has 1 aliphatic carbocycles. The van der Waals surface area contributed by atoms with E-state index in [0.717, 1.165) is 18.9 Å². The first-order valence-corrected chi connectivity index (χ1v) is 5.20. The minimum atomic E-state index is -0.0585. The average Bonchev–Trinajstić information content (AvgIpc) is 2.12. The van der Waals surface area contributed by atoms with Crippen molar-refractivity contribution in [1.29, 1.82) is 0 Å². The minimum Gasteiger partial charge on any atom is -0.393 e. The van der Waals surface area contributed by atoms with Gasteiger partial charge in [0.15, 0.2) is 0 Å². The third-order valence-electron chi connectivity index (χ3n) is 3.65. The van der Waals surface area contributed by atoms with Crippen molar-refractivity contribution in [2.45, 2.75) is 44.8 Å². The Hall–Kier alpha value is -0.0800. The lowest BCUT2D eigenvalue weighted by atomic mass is 9.72. The third-order valence-corrected chi connectivity index (χ3v) is 3.65. The Kier molecular flexibility index (Phi) is 2.37. The lowest BCUT2D eigenvalue weighted by Gasteiger charge is -2.43. The number of nitrogens with one attached hydrogen (secondary N) is 1. The van der Waals surface area contributed by atoms with Crippen LogP contribution in [0.3, 0.4) is 0 Å². The fourth-order valence-electron chi connectivity index (χ4n) is 2.81. The molecule has 4 atom stereocenters. The van der Waals surface area contributed by atoms with Crippen LogP contribution < -0.4 is 5.32 Å². The highest BCUT2D eigenvalue weighted by Crippen LogP contribution is 2.34. The van der Waals surface area contributed by atoms with E-state index in [1.807, 2.05) is 0 Å². The second kappa shape index (κ2) is 3.35. The Labute approximate surface area is 74.4 Å². The summed E-state index contributed by atoms with van der Waals surface area (Å²) < 4.78 is 0. The summed E-state index contributed by atoms with van der Waals surface area (Å²) >= 11 is 0. The van der Waals surface area contributed by atoms with Gasteiger partial charge >= 0.3 is 0 Å². The zero-order chi connectivity index (χ0) is 8.55. The molecule has 2 nitrogen and oxygen atoms in total. The quantitative estimate of drug-likeness (QED) is 0.570. The van der Waals surface area contributed by atoms with E-state index >= 15 is 0 Å². The number of hydrogen-bond acceptors (Lipinski definition) is 2. The Balaban J connectivity index is 2.03. The van der Waals surface area contributed by atoms with Crippen LogP contribution in [0, 0.1) is 11.8 Å². The molecule has 0 unspecified atom stereocenters. The fourth-order valence-corrected chi connectivity index (χ4v) is 2.81. The Morgan fingerprint density at radius 2 is 2.08 bits per heavy atom. The van der Waals surface area contributed by atoms with E-state index in [-0.39, 0.29) is 6.10 Å². The molecule has 0 aromatic heterocycles. The largest absolute Gasteiger partial charge is 0.393 e. The van der Waals surface area contributed by atoms with Crippen molar-refractivity contribution < 1.29 is 5.11 Å². The van der Waals surface area contributed by atoms with Gasteiger partial charge in [-0.3, -0.25) is 0 Å². The molecule has 2 heteroatoms. The van der Waals surface area contributed by atoms with Gasteiger partial charge in [0, 0.05) is 6.04 Å². The monoisotopic (exact) mass is 169 g/mol. The molecule has 1 heterocycles. The van der Waals surface area contributed by atoms with Crippen LogP contribution in [0.15, 0.2) is 0 Å². The SMILES string of the molecule is C[C@H]1[C@H]2NCCC[C@H]2CC[C@@H]1O. The maximum absolute atomic E-state index is 9.68. The van der Waals surface area contributed by atoms with E-state index in [9.17, 15) is 5.11 Å². The average molecular weight is 169 g/mol. The summed E-state index contributed by atoms with van der Waals surface area (Å²) in [6.07, 6.45) is 4.88. The molecule has 1 saturated heterocycles. The molecule has 0 aromatic carbocycles. The lowest BCUT2D eigenvalue weighted by molar-refractivity contribution is 0.0186. The third kappa shape index (κ3) is 1.38. The van der Waals surface area contributed by atoms with Crippen molar-refractivity contribution in [2.75, 3.05) is 6.54 Å². The first-order chi connectivity index (χ1) is 5.79. The molecule has 0 radical (unpaired) electrons. The smallest absolute Gasteiger partial charge is 0.0580 e. The molecule has 12 heavy (non-hydrogen) atoms. The molecule has 2 rings (SSSR count). The van der Waals surface area contributed by atoms with Gasteiger partial charge in [-0.05, 0) is 44.1 Å². The summed E-state index contributed by atoms with van der Waals surface area (Å²) in [6, 6.07) is 0.600. The number of rotatable bonds is 0. The number of piperidine rings is 1. The summed E-state index contributed by atoms with van der Waals surface area (Å²) in [5.41, 5.74) is 0. The van der Waals surface area contributed by atoms with Crippen LogP contribution in [-0.2, 0) is 0 Å². The van der Waals surface area contributed by atoms with Crippen molar-refractivity contribution in [3.05, 3.63) is 0 Å². The van der Waals surface area contributed by atoms with E-state index in [4.69, 9.17) is 0 Å². The maximum Gasteiger partial charge on any atom is 0.0580 e. The van der Waals surface area contributed by atoms with Gasteiger partial charge in [-0.1, -0.05) is 6.92 Å². The van der Waals surface area contributed by atoms with Gasteiger partial charge in [-0.25, -0.2) is 0 Å². The Bertz CT molecular complexity index is 158. The van der Waals surface area contributed by atoms with Gasteiger partial charge in [0.2, 0.25) is 0 Å². The molecule has 1 saturated carbocycles. The summed E-state index contributed by atoms with van der Waals surface area (Å²) in [4.78, 5) is 0. The topological polar surface area (TPSA) is 32.3 Å². The van der Waals surface area contributed by atoms with Gasteiger partial charge in [0.05, 0.1) is 6.10 Å². The summed E-state index contributed by atoms with van der Waals surface area (Å²) in [6.45, 7) is 3.33. The predicted octanol–water partition coefficient (Wildman–Crippen LogP) is 1.15. The van der Waals surface area contributed by atoms with E-state index in [1.54, 1.807) is 0 Å². The van der Waals surface area contributed by atoms with Gasteiger partial charge in [0.25, 0.3) is 0 Å². The van der Waals surface area contributed by atoms with Gasteiger partial charge in [-0.15, -0.1) is 0 Å². The first kappa shape index (κ1) is 8.52. The summed E-state index contributed by atoms with van der Waals surface area (Å²) in [5, 5.41) is 13.2. The van der Waals surface area contributed by atoms with Gasteiger partial charge < -0.3 is 10.4 Å². The highest BCUT2D eigenvalue weighted by Gasteiger charge is 2.36. The number of aliphatic hydroxyl groups is 1. The Morgan fingerprint density at radius 3 is 2.92 bits per heavy atom. The maximum atomic E-state index is 9.68. The van der Waals surface area contributed by atoms with Gasteiger partial charge in [0.1, 0.15) is 0 Å². The first-order valence-electron chi connectivity index (χ1n) is 5.20. The van der Waals surface area contributed by atoms with E-state index in [2.05, 4.69) is 12.2 Å². The van der Waals surface area contributed by atoms with E-state index in [1.165, 1.54) is 19.3 Å². The molecule has 2 N–H and O–H groups in total. The second-order valence-electron chi connectivity index (χ2n) is 4.39. The van der Waals surface area contributed by atoms with Crippen molar-refractivity contribution in [3.8, 4) is 0 Å². The molecule has 0 amide bonds. The molecule has 0 bridgehead atoms. The van der Waals surface area contributed by atoms with Crippen molar-refractivity contribution >= 4 is 0 Å². The fraction of sp³-hybridized carbons (Fsp3) is 1.00. The molecular formula is C10H19NO. The van der Waals surface area contributed by atoms with Gasteiger partial charge in [-0.2, -0.15) is 0 Å². The molecule has 0 aromatic rings. The number of aliphatic hydroxyl groups excluding tert-OH is 1. The number of hydrogen-bond donors (Lipinski definition) is 2. The minimum absolute atomic E-state index is 0.0585. The van der Waals surface area contributed by atoms with Crippen molar-refractivity contribution in [3.63, 3.8) is 0 Å². The zero-order valence-electron chi connectivity index (χ0n) is 7.79. The van der Waals surface area contributed by atoms with Crippen molar-refractivity contribution in [2.24, 2.45) is 11.8 Å². The molecule has 0 spiro atoms. The second-order valence-corrected chi connectivity index (χ2v) is 4.39. The van der Waals surface area contributed by atoms with E-state index in [0.29, 0.717) is 12.0 Å². The van der Waals surface area contributed by atoms with E-state index < -0.39 is 0 Å². The van der Waals surface area contributed by atoms with Crippen LogP contribution in [-0.4, -0.2) is 23.8 Å². The molecule has 1 aliphatic heterocycles. The molecule has 2 fully saturated rings.